The first-order chi connectivity index (χ1) is 7.81. The van der Waals surface area contributed by atoms with Gasteiger partial charge in [0.15, 0.2) is 11.5 Å². The summed E-state index contributed by atoms with van der Waals surface area (Å²) in [4.78, 5) is 0. The largest absolute Gasteiger partial charge is 0.493 e. The molecule has 1 aromatic rings. The fourth-order valence-corrected chi connectivity index (χ4v) is 1.27. The molecule has 0 heterocycles. The van der Waals surface area contributed by atoms with Crippen LogP contribution in [-0.2, 0) is 0 Å². The maximum Gasteiger partial charge on any atom is 0.161 e. The number of hydrogen-bond acceptors (Lipinski definition) is 3. The average molecular weight is 219 g/mol. The third kappa shape index (κ3) is 3.48. The molecule has 0 atom stereocenters. The molecule has 1 rings (SSSR count). The number of ether oxygens (including phenoxy) is 2. The van der Waals surface area contributed by atoms with Crippen LogP contribution in [0.4, 0.5) is 0 Å². The Morgan fingerprint density at radius 2 is 1.94 bits per heavy atom. The number of benzene rings is 1. The molecule has 1 N–H and O–H groups in total. The van der Waals surface area contributed by atoms with Crippen LogP contribution in [0.15, 0.2) is 18.2 Å². The van der Waals surface area contributed by atoms with Crippen molar-refractivity contribution in [3.8, 4) is 23.3 Å². The van der Waals surface area contributed by atoms with Crippen molar-refractivity contribution >= 4 is 0 Å². The molecule has 0 aromatic heterocycles. The highest BCUT2D eigenvalue weighted by atomic mass is 16.5. The third-order valence-corrected chi connectivity index (χ3v) is 2.12. The Balaban J connectivity index is 2.77. The lowest BCUT2D eigenvalue weighted by Gasteiger charge is -2.06. The molecule has 3 heteroatoms. The van der Waals surface area contributed by atoms with Gasteiger partial charge in [-0.1, -0.05) is 11.8 Å². The third-order valence-electron chi connectivity index (χ3n) is 2.12. The van der Waals surface area contributed by atoms with Crippen molar-refractivity contribution in [3.63, 3.8) is 0 Å². The highest BCUT2D eigenvalue weighted by Gasteiger charge is 2.02. The van der Waals surface area contributed by atoms with Crippen LogP contribution < -0.4 is 14.8 Å². The van der Waals surface area contributed by atoms with Crippen molar-refractivity contribution in [3.05, 3.63) is 23.8 Å². The normalized spacial score (nSPS) is 9.19. The second-order valence-corrected chi connectivity index (χ2v) is 3.23. The van der Waals surface area contributed by atoms with Crippen LogP contribution in [0, 0.1) is 11.8 Å². The van der Waals surface area contributed by atoms with E-state index in [4.69, 9.17) is 9.47 Å². The minimum Gasteiger partial charge on any atom is -0.493 e. The highest BCUT2D eigenvalue weighted by Crippen LogP contribution is 2.26. The molecule has 86 valence electrons. The molecule has 0 saturated heterocycles. The van der Waals surface area contributed by atoms with Crippen LogP contribution in [0.5, 0.6) is 11.5 Å². The Bertz CT molecular complexity index is 391. The van der Waals surface area contributed by atoms with Crippen LogP contribution in [-0.4, -0.2) is 27.8 Å². The predicted octanol–water partition coefficient (Wildman–Crippen LogP) is 1.66. The van der Waals surface area contributed by atoms with Gasteiger partial charge in [-0.3, -0.25) is 0 Å². The van der Waals surface area contributed by atoms with Gasteiger partial charge >= 0.3 is 0 Å². The molecule has 0 unspecified atom stereocenters. The van der Waals surface area contributed by atoms with Crippen LogP contribution in [0.1, 0.15) is 12.0 Å². The molecule has 0 amide bonds. The van der Waals surface area contributed by atoms with E-state index in [0.717, 1.165) is 24.3 Å². The summed E-state index contributed by atoms with van der Waals surface area (Å²) in [7, 11) is 5.16. The van der Waals surface area contributed by atoms with Gasteiger partial charge in [-0.15, -0.1) is 0 Å². The lowest BCUT2D eigenvalue weighted by Crippen LogP contribution is -2.05. The molecule has 1 aromatic carbocycles. The van der Waals surface area contributed by atoms with Crippen LogP contribution in [0.2, 0.25) is 0 Å². The highest BCUT2D eigenvalue weighted by molar-refractivity contribution is 5.48. The molecular formula is C13H17NO2. The van der Waals surface area contributed by atoms with Crippen LogP contribution in [0.25, 0.3) is 0 Å². The minimum atomic E-state index is 0.711. The topological polar surface area (TPSA) is 30.5 Å². The molecule has 0 saturated carbocycles. The van der Waals surface area contributed by atoms with Gasteiger partial charge in [-0.25, -0.2) is 0 Å². The molecule has 0 radical (unpaired) electrons. The molecule has 0 aliphatic rings. The quantitative estimate of drug-likeness (QED) is 0.617. The molecule has 0 aliphatic heterocycles. The smallest absolute Gasteiger partial charge is 0.161 e. The van der Waals surface area contributed by atoms with Gasteiger partial charge in [-0.2, -0.15) is 0 Å². The molecule has 0 bridgehead atoms. The van der Waals surface area contributed by atoms with E-state index in [2.05, 4.69) is 17.2 Å². The maximum absolute atomic E-state index is 5.20. The number of nitrogens with one attached hydrogen (secondary N) is 1. The number of rotatable bonds is 4. The van der Waals surface area contributed by atoms with E-state index in [1.165, 1.54) is 0 Å². The van der Waals surface area contributed by atoms with E-state index in [1.807, 2.05) is 25.2 Å². The molecule has 3 nitrogen and oxygen atoms in total. The zero-order chi connectivity index (χ0) is 11.8. The average Bonchev–Trinajstić information content (AvgIpc) is 2.34. The van der Waals surface area contributed by atoms with Gasteiger partial charge in [0.25, 0.3) is 0 Å². The lowest BCUT2D eigenvalue weighted by molar-refractivity contribution is 0.355. The Morgan fingerprint density at radius 3 is 2.56 bits per heavy atom. The maximum atomic E-state index is 5.20. The summed E-state index contributed by atoms with van der Waals surface area (Å²) < 4.78 is 10.4. The van der Waals surface area contributed by atoms with Crippen LogP contribution in [0.3, 0.4) is 0 Å². The molecule has 16 heavy (non-hydrogen) atoms. The summed E-state index contributed by atoms with van der Waals surface area (Å²) in [6.07, 6.45) is 0.838. The number of methoxy groups -OCH3 is 2. The van der Waals surface area contributed by atoms with E-state index < -0.39 is 0 Å². The molecule has 0 fully saturated rings. The van der Waals surface area contributed by atoms with Crippen molar-refractivity contribution < 1.29 is 9.47 Å². The molecule has 0 spiro atoms. The Hall–Kier alpha value is -1.66. The monoisotopic (exact) mass is 219 g/mol. The van der Waals surface area contributed by atoms with Gasteiger partial charge in [0.1, 0.15) is 0 Å². The zero-order valence-electron chi connectivity index (χ0n) is 9.96. The summed E-state index contributed by atoms with van der Waals surface area (Å²) in [6, 6.07) is 5.67. The molecular weight excluding hydrogens is 202 g/mol. The van der Waals surface area contributed by atoms with Gasteiger partial charge in [0.05, 0.1) is 14.2 Å². The van der Waals surface area contributed by atoms with Crippen molar-refractivity contribution in [1.82, 2.24) is 5.32 Å². The number of hydrogen-bond donors (Lipinski definition) is 1. The van der Waals surface area contributed by atoms with Crippen molar-refractivity contribution in [1.29, 1.82) is 0 Å². The van der Waals surface area contributed by atoms with Gasteiger partial charge in [0, 0.05) is 18.5 Å². The van der Waals surface area contributed by atoms with E-state index in [9.17, 15) is 0 Å². The van der Waals surface area contributed by atoms with E-state index in [1.54, 1.807) is 14.2 Å². The Morgan fingerprint density at radius 1 is 1.19 bits per heavy atom. The predicted molar refractivity (Wildman–Crippen MR) is 65.0 cm³/mol. The van der Waals surface area contributed by atoms with Crippen molar-refractivity contribution in [2.45, 2.75) is 6.42 Å². The Labute approximate surface area is 96.8 Å². The fourth-order valence-electron chi connectivity index (χ4n) is 1.27. The van der Waals surface area contributed by atoms with Gasteiger partial charge < -0.3 is 14.8 Å². The SMILES string of the molecule is CNCCC#Cc1ccc(OC)c(OC)c1. The summed E-state index contributed by atoms with van der Waals surface area (Å²) in [5.41, 5.74) is 0.939. The van der Waals surface area contributed by atoms with E-state index in [0.29, 0.717) is 5.75 Å². The second kappa shape index (κ2) is 6.76. The first-order valence-corrected chi connectivity index (χ1v) is 5.17. The fraction of sp³-hybridized carbons (Fsp3) is 0.385. The van der Waals surface area contributed by atoms with E-state index in [-0.39, 0.29) is 0 Å². The second-order valence-electron chi connectivity index (χ2n) is 3.23. The zero-order valence-corrected chi connectivity index (χ0v) is 9.96. The first-order valence-electron chi connectivity index (χ1n) is 5.17. The Kier molecular flexibility index (Phi) is 5.24. The summed E-state index contributed by atoms with van der Waals surface area (Å²) in [5.74, 6) is 7.60. The molecule has 0 aliphatic carbocycles. The summed E-state index contributed by atoms with van der Waals surface area (Å²) >= 11 is 0. The standard InChI is InChI=1S/C13H17NO2/c1-14-9-5-4-6-11-7-8-12(15-2)13(10-11)16-3/h7-8,10,14H,5,9H2,1-3H3. The summed E-state index contributed by atoms with van der Waals surface area (Å²) in [5, 5.41) is 3.05. The van der Waals surface area contributed by atoms with Gasteiger partial charge in [-0.05, 0) is 25.2 Å². The van der Waals surface area contributed by atoms with Crippen molar-refractivity contribution in [2.24, 2.45) is 0 Å². The summed E-state index contributed by atoms with van der Waals surface area (Å²) in [6.45, 7) is 0.903. The van der Waals surface area contributed by atoms with Crippen LogP contribution >= 0.6 is 0 Å². The first kappa shape index (κ1) is 12.4. The lowest BCUT2D eigenvalue weighted by atomic mass is 10.2. The van der Waals surface area contributed by atoms with Gasteiger partial charge in [0.2, 0.25) is 0 Å². The minimum absolute atomic E-state index is 0.711. The van der Waals surface area contributed by atoms with E-state index >= 15 is 0 Å². The van der Waals surface area contributed by atoms with Crippen molar-refractivity contribution in [2.75, 3.05) is 27.8 Å².